The molecule has 1 aromatic carbocycles. The predicted octanol–water partition coefficient (Wildman–Crippen LogP) is 3.51. The van der Waals surface area contributed by atoms with Crippen molar-refractivity contribution in [2.75, 3.05) is 6.79 Å². The Morgan fingerprint density at radius 2 is 2.26 bits per heavy atom. The molecule has 0 saturated carbocycles. The Bertz CT molecular complexity index is 568. The summed E-state index contributed by atoms with van der Waals surface area (Å²) >= 11 is 6.14. The second-order valence-corrected chi connectivity index (χ2v) is 4.84. The van der Waals surface area contributed by atoms with E-state index in [4.69, 9.17) is 25.5 Å². The van der Waals surface area contributed by atoms with Crippen molar-refractivity contribution in [2.24, 2.45) is 0 Å². The second kappa shape index (κ2) is 5.15. The molecular weight excluding hydrogens is 266 g/mol. The van der Waals surface area contributed by atoms with E-state index in [1.54, 1.807) is 6.26 Å². The maximum atomic E-state index is 6.14. The van der Waals surface area contributed by atoms with Gasteiger partial charge in [-0.2, -0.15) is 0 Å². The van der Waals surface area contributed by atoms with Crippen LogP contribution in [0.25, 0.3) is 0 Å². The van der Waals surface area contributed by atoms with E-state index >= 15 is 0 Å². The molecule has 4 nitrogen and oxygen atoms in total. The molecule has 0 bridgehead atoms. The predicted molar refractivity (Wildman–Crippen MR) is 71.5 cm³/mol. The van der Waals surface area contributed by atoms with Crippen molar-refractivity contribution >= 4 is 11.6 Å². The molecule has 1 N–H and O–H groups in total. The Hall–Kier alpha value is -1.65. The molecular formula is C14H14ClNO3. The summed E-state index contributed by atoms with van der Waals surface area (Å²) in [7, 11) is 0. The van der Waals surface area contributed by atoms with Gasteiger partial charge in [-0.25, -0.2) is 0 Å². The van der Waals surface area contributed by atoms with Crippen LogP contribution in [0.4, 0.5) is 0 Å². The molecule has 5 heteroatoms. The van der Waals surface area contributed by atoms with E-state index in [0.29, 0.717) is 23.1 Å². The van der Waals surface area contributed by atoms with Crippen LogP contribution in [0.5, 0.6) is 11.5 Å². The molecule has 100 valence electrons. The molecule has 3 rings (SSSR count). The Balaban J connectivity index is 1.69. The summed E-state index contributed by atoms with van der Waals surface area (Å²) in [6.07, 6.45) is 1.67. The molecule has 1 unspecified atom stereocenters. The summed E-state index contributed by atoms with van der Waals surface area (Å²) in [5.74, 6) is 2.24. The van der Waals surface area contributed by atoms with Crippen LogP contribution in [-0.4, -0.2) is 6.79 Å². The van der Waals surface area contributed by atoms with E-state index in [9.17, 15) is 0 Å². The van der Waals surface area contributed by atoms with E-state index in [1.807, 2.05) is 31.2 Å². The lowest BCUT2D eigenvalue weighted by molar-refractivity contribution is 0.174. The van der Waals surface area contributed by atoms with Gasteiger partial charge < -0.3 is 19.2 Å². The third-order valence-electron chi connectivity index (χ3n) is 3.07. The lowest BCUT2D eigenvalue weighted by Gasteiger charge is -2.12. The first-order chi connectivity index (χ1) is 9.24. The monoisotopic (exact) mass is 279 g/mol. The SMILES string of the molecule is CC(NCc1cc(Cl)c2c(c1)OCO2)c1ccco1. The average molecular weight is 280 g/mol. The molecule has 0 aliphatic carbocycles. The van der Waals surface area contributed by atoms with E-state index in [0.717, 1.165) is 11.3 Å². The maximum Gasteiger partial charge on any atom is 0.231 e. The zero-order valence-corrected chi connectivity index (χ0v) is 11.2. The first kappa shape index (κ1) is 12.4. The first-order valence-corrected chi connectivity index (χ1v) is 6.46. The van der Waals surface area contributed by atoms with Crippen LogP contribution in [0.1, 0.15) is 24.3 Å². The lowest BCUT2D eigenvalue weighted by atomic mass is 10.1. The number of fused-ring (bicyclic) bond motifs is 1. The molecule has 1 aromatic heterocycles. The van der Waals surface area contributed by atoms with Gasteiger partial charge in [-0.3, -0.25) is 0 Å². The van der Waals surface area contributed by atoms with Gasteiger partial charge in [-0.1, -0.05) is 11.6 Å². The van der Waals surface area contributed by atoms with Gasteiger partial charge in [-0.15, -0.1) is 0 Å². The highest BCUT2D eigenvalue weighted by atomic mass is 35.5. The van der Waals surface area contributed by atoms with E-state index in [2.05, 4.69) is 5.32 Å². The summed E-state index contributed by atoms with van der Waals surface area (Å²) < 4.78 is 16.0. The highest BCUT2D eigenvalue weighted by Crippen LogP contribution is 2.39. The number of ether oxygens (including phenoxy) is 2. The number of nitrogens with one attached hydrogen (secondary N) is 1. The minimum absolute atomic E-state index is 0.138. The Labute approximate surface area is 116 Å². The minimum atomic E-state index is 0.138. The van der Waals surface area contributed by atoms with Crippen LogP contribution in [-0.2, 0) is 6.54 Å². The largest absolute Gasteiger partial charge is 0.468 e. The van der Waals surface area contributed by atoms with Crippen LogP contribution in [0.2, 0.25) is 5.02 Å². The van der Waals surface area contributed by atoms with Gasteiger partial charge in [0.05, 0.1) is 17.3 Å². The van der Waals surface area contributed by atoms with Crippen molar-refractivity contribution in [3.63, 3.8) is 0 Å². The number of rotatable bonds is 4. The van der Waals surface area contributed by atoms with Crippen LogP contribution < -0.4 is 14.8 Å². The molecule has 1 aliphatic rings. The molecule has 1 atom stereocenters. The average Bonchev–Trinajstić information content (AvgIpc) is 3.06. The topological polar surface area (TPSA) is 43.6 Å². The zero-order chi connectivity index (χ0) is 13.2. The Morgan fingerprint density at radius 3 is 3.05 bits per heavy atom. The maximum absolute atomic E-state index is 6.14. The van der Waals surface area contributed by atoms with Crippen LogP contribution in [0.3, 0.4) is 0 Å². The smallest absolute Gasteiger partial charge is 0.231 e. The van der Waals surface area contributed by atoms with Crippen molar-refractivity contribution in [3.05, 3.63) is 46.9 Å². The number of benzene rings is 1. The fraction of sp³-hybridized carbons (Fsp3) is 0.286. The van der Waals surface area contributed by atoms with Gasteiger partial charge in [-0.05, 0) is 36.8 Å². The van der Waals surface area contributed by atoms with Gasteiger partial charge >= 0.3 is 0 Å². The van der Waals surface area contributed by atoms with Gasteiger partial charge in [0.1, 0.15) is 5.76 Å². The molecule has 0 radical (unpaired) electrons. The molecule has 2 aromatic rings. The summed E-state index contributed by atoms with van der Waals surface area (Å²) in [5.41, 5.74) is 1.05. The molecule has 1 aliphatic heterocycles. The number of furan rings is 1. The second-order valence-electron chi connectivity index (χ2n) is 4.43. The van der Waals surface area contributed by atoms with Crippen molar-refractivity contribution in [1.29, 1.82) is 0 Å². The van der Waals surface area contributed by atoms with Gasteiger partial charge in [0, 0.05) is 6.54 Å². The zero-order valence-electron chi connectivity index (χ0n) is 10.5. The molecule has 0 amide bonds. The molecule has 0 fully saturated rings. The van der Waals surface area contributed by atoms with Crippen molar-refractivity contribution in [2.45, 2.75) is 19.5 Å². The Morgan fingerprint density at radius 1 is 1.37 bits per heavy atom. The highest BCUT2D eigenvalue weighted by molar-refractivity contribution is 6.32. The third kappa shape index (κ3) is 2.55. The third-order valence-corrected chi connectivity index (χ3v) is 3.35. The first-order valence-electron chi connectivity index (χ1n) is 6.09. The van der Waals surface area contributed by atoms with Crippen molar-refractivity contribution in [3.8, 4) is 11.5 Å². The van der Waals surface area contributed by atoms with Crippen LogP contribution in [0, 0.1) is 0 Å². The normalized spacial score (nSPS) is 14.6. The number of hydrogen-bond donors (Lipinski definition) is 1. The molecule has 2 heterocycles. The van der Waals surface area contributed by atoms with Crippen molar-refractivity contribution in [1.82, 2.24) is 5.32 Å². The van der Waals surface area contributed by atoms with Gasteiger partial charge in [0.25, 0.3) is 0 Å². The number of hydrogen-bond acceptors (Lipinski definition) is 4. The standard InChI is InChI=1S/C14H14ClNO3/c1-9(12-3-2-4-17-12)16-7-10-5-11(15)14-13(6-10)18-8-19-14/h2-6,9,16H,7-8H2,1H3. The Kier molecular flexibility index (Phi) is 3.36. The summed E-state index contributed by atoms with van der Waals surface area (Å²) in [5, 5.41) is 3.95. The fourth-order valence-electron chi connectivity index (χ4n) is 2.03. The lowest BCUT2D eigenvalue weighted by Crippen LogP contribution is -2.17. The molecule has 19 heavy (non-hydrogen) atoms. The van der Waals surface area contributed by atoms with E-state index in [1.165, 1.54) is 0 Å². The van der Waals surface area contributed by atoms with Crippen molar-refractivity contribution < 1.29 is 13.9 Å². The van der Waals surface area contributed by atoms with Crippen LogP contribution >= 0.6 is 11.6 Å². The molecule has 0 spiro atoms. The quantitative estimate of drug-likeness (QED) is 0.930. The van der Waals surface area contributed by atoms with Crippen LogP contribution in [0.15, 0.2) is 34.9 Å². The summed E-state index contributed by atoms with van der Waals surface area (Å²) in [6, 6.07) is 7.79. The minimum Gasteiger partial charge on any atom is -0.468 e. The molecule has 0 saturated heterocycles. The van der Waals surface area contributed by atoms with Gasteiger partial charge in [0.15, 0.2) is 11.5 Å². The summed E-state index contributed by atoms with van der Waals surface area (Å²) in [4.78, 5) is 0. The van der Waals surface area contributed by atoms with Gasteiger partial charge in [0.2, 0.25) is 6.79 Å². The number of halogens is 1. The van der Waals surface area contributed by atoms with E-state index < -0.39 is 0 Å². The highest BCUT2D eigenvalue weighted by Gasteiger charge is 2.18. The van der Waals surface area contributed by atoms with E-state index in [-0.39, 0.29) is 12.8 Å². The fourth-order valence-corrected chi connectivity index (χ4v) is 2.32. The summed E-state index contributed by atoms with van der Waals surface area (Å²) in [6.45, 7) is 2.96.